The van der Waals surface area contributed by atoms with Gasteiger partial charge in [-0.2, -0.15) is 0 Å². The topological polar surface area (TPSA) is 268 Å². The number of fused-ring (bicyclic) bond motifs is 1. The van der Waals surface area contributed by atoms with Crippen LogP contribution in [0, 0.1) is 0 Å². The maximum Gasteiger partial charge on any atom is 0.279 e. The summed E-state index contributed by atoms with van der Waals surface area (Å²) in [6, 6.07) is -1.72. The Labute approximate surface area is 161 Å². The molecule has 2 heterocycles. The molecule has 0 radical (unpaired) electrons. The number of hydrogen-bond acceptors (Lipinski definition) is 14. The van der Waals surface area contributed by atoms with Gasteiger partial charge in [0.2, 0.25) is 36.5 Å². The maximum absolute atomic E-state index is 12.8. The first-order valence-corrected chi connectivity index (χ1v) is 11.0. The van der Waals surface area contributed by atoms with E-state index in [1.807, 2.05) is 0 Å². The van der Waals surface area contributed by atoms with Gasteiger partial charge < -0.3 is 40.9 Å². The van der Waals surface area contributed by atoms with Crippen LogP contribution in [0.3, 0.4) is 0 Å². The molecule has 11 N–H and O–H groups in total. The lowest BCUT2D eigenvalue weighted by Crippen LogP contribution is -2.70. The average Bonchev–Trinajstić information content (AvgIpc) is 2.85. The molecule has 17 heteroatoms. The minimum atomic E-state index is -5.38. The first kappa shape index (κ1) is 23.5. The highest BCUT2D eigenvalue weighted by Crippen LogP contribution is 2.53. The molecule has 0 bridgehead atoms. The smallest absolute Gasteiger partial charge is 0.279 e. The van der Waals surface area contributed by atoms with Gasteiger partial charge in [0.25, 0.3) is 5.97 Å². The van der Waals surface area contributed by atoms with Crippen LogP contribution in [0.1, 0.15) is 24.9 Å². The SMILES string of the molecule is CC(O)(O)NC1c2cc(S(N)(=O)=O)sc2S(=O)(=O)C(O)(CC(O)(O)O)C1(O)O. The Bertz CT molecular complexity index is 985. The summed E-state index contributed by atoms with van der Waals surface area (Å²) in [4.78, 5) is -3.95. The van der Waals surface area contributed by atoms with E-state index in [-0.39, 0.29) is 11.3 Å². The number of nitrogens with one attached hydrogen (secondary N) is 1. The molecule has 2 atom stereocenters. The van der Waals surface area contributed by atoms with Gasteiger partial charge in [-0.1, -0.05) is 0 Å². The first-order valence-electron chi connectivity index (χ1n) is 7.11. The van der Waals surface area contributed by atoms with Crippen molar-refractivity contribution >= 4 is 31.2 Å². The Balaban J connectivity index is 2.90. The van der Waals surface area contributed by atoms with Crippen LogP contribution >= 0.6 is 11.3 Å². The highest BCUT2D eigenvalue weighted by Gasteiger charge is 2.69. The number of hydrogen-bond donors (Lipinski definition) is 10. The summed E-state index contributed by atoms with van der Waals surface area (Å²) < 4.78 is 46.9. The first-order chi connectivity index (χ1) is 12.1. The van der Waals surface area contributed by atoms with Crippen LogP contribution in [0.5, 0.6) is 0 Å². The number of sulfone groups is 1. The lowest BCUT2D eigenvalue weighted by molar-refractivity contribution is -0.356. The quantitative estimate of drug-likeness (QED) is 0.182. The Morgan fingerprint density at radius 3 is 2.11 bits per heavy atom. The predicted octanol–water partition coefficient (Wildman–Crippen LogP) is -5.14. The van der Waals surface area contributed by atoms with E-state index in [1.54, 1.807) is 5.32 Å². The largest absolute Gasteiger partial charge is 0.370 e. The van der Waals surface area contributed by atoms with E-state index >= 15 is 0 Å². The van der Waals surface area contributed by atoms with E-state index in [0.29, 0.717) is 13.0 Å². The highest BCUT2D eigenvalue weighted by atomic mass is 32.3. The van der Waals surface area contributed by atoms with Crippen LogP contribution in [0.25, 0.3) is 0 Å². The van der Waals surface area contributed by atoms with Gasteiger partial charge in [-0.3, -0.25) is 5.32 Å². The molecule has 0 saturated carbocycles. The molecule has 0 amide bonds. The fraction of sp³-hybridized carbons (Fsp3) is 0.636. The second-order valence-corrected chi connectivity index (χ2v) is 11.6. The Morgan fingerprint density at radius 1 is 1.21 bits per heavy atom. The fourth-order valence-electron chi connectivity index (χ4n) is 2.71. The minimum Gasteiger partial charge on any atom is -0.370 e. The second-order valence-electron chi connectivity index (χ2n) is 6.42. The van der Waals surface area contributed by atoms with E-state index in [1.165, 1.54) is 0 Å². The van der Waals surface area contributed by atoms with E-state index in [0.717, 1.165) is 0 Å². The molecule has 162 valence electrons. The molecule has 0 saturated heterocycles. The molecule has 0 spiro atoms. The van der Waals surface area contributed by atoms with Gasteiger partial charge in [-0.25, -0.2) is 22.0 Å². The van der Waals surface area contributed by atoms with Crippen molar-refractivity contribution in [2.75, 3.05) is 0 Å². The van der Waals surface area contributed by atoms with Crippen LogP contribution < -0.4 is 10.5 Å². The van der Waals surface area contributed by atoms with Crippen molar-refractivity contribution < 1.29 is 57.7 Å². The Kier molecular flexibility index (Phi) is 5.32. The molecule has 0 fully saturated rings. The Morgan fingerprint density at radius 2 is 1.71 bits per heavy atom. The summed E-state index contributed by atoms with van der Waals surface area (Å²) in [5, 5.41) is 84.5. The van der Waals surface area contributed by atoms with Gasteiger partial charge in [-0.15, -0.1) is 11.3 Å². The van der Waals surface area contributed by atoms with Crippen molar-refractivity contribution in [2.45, 2.75) is 50.4 Å². The zero-order valence-corrected chi connectivity index (χ0v) is 16.3. The highest BCUT2D eigenvalue weighted by molar-refractivity contribution is 7.96. The molecule has 2 rings (SSSR count). The number of primary sulfonamides is 1. The third-order valence-corrected chi connectivity index (χ3v) is 9.19. The van der Waals surface area contributed by atoms with Crippen molar-refractivity contribution in [3.63, 3.8) is 0 Å². The number of nitrogens with two attached hydrogens (primary N) is 1. The van der Waals surface area contributed by atoms with Gasteiger partial charge in [0, 0.05) is 12.5 Å². The molecule has 1 aliphatic rings. The summed E-state index contributed by atoms with van der Waals surface area (Å²) >= 11 is -0.0233. The standard InChI is InChI=1S/C11H18N2O12S3/c1-8(14,15)13-6-4-2-5(28(12,24)25)26-7(4)27(22,23)9(16,11(6,20)21)3-10(17,18)19/h2,6,13-21H,3H2,1H3,(H2,12,24,25). The van der Waals surface area contributed by atoms with Crippen molar-refractivity contribution in [3.05, 3.63) is 11.6 Å². The van der Waals surface area contributed by atoms with Gasteiger partial charge >= 0.3 is 0 Å². The van der Waals surface area contributed by atoms with Gasteiger partial charge in [0.05, 0.1) is 12.5 Å². The van der Waals surface area contributed by atoms with E-state index in [2.05, 4.69) is 0 Å². The molecular weight excluding hydrogens is 448 g/mol. The summed E-state index contributed by atoms with van der Waals surface area (Å²) in [5.74, 6) is -10.8. The average molecular weight is 466 g/mol. The van der Waals surface area contributed by atoms with Crippen LogP contribution in [0.2, 0.25) is 0 Å². The molecule has 1 aromatic rings. The lowest BCUT2D eigenvalue weighted by atomic mass is 9.91. The predicted molar refractivity (Wildman–Crippen MR) is 87.7 cm³/mol. The fourth-order valence-corrected chi connectivity index (χ4v) is 7.35. The van der Waals surface area contributed by atoms with Crippen LogP contribution in [0.4, 0.5) is 0 Å². The van der Waals surface area contributed by atoms with E-state index in [4.69, 9.17) is 20.5 Å². The van der Waals surface area contributed by atoms with E-state index < -0.39 is 68.9 Å². The molecule has 2 unspecified atom stereocenters. The van der Waals surface area contributed by atoms with Crippen molar-refractivity contribution in [1.82, 2.24) is 5.32 Å². The number of sulfonamides is 1. The van der Waals surface area contributed by atoms with E-state index in [9.17, 15) is 42.4 Å². The van der Waals surface area contributed by atoms with Crippen molar-refractivity contribution in [3.8, 4) is 0 Å². The zero-order chi connectivity index (χ0) is 22.1. The number of rotatable bonds is 5. The second kappa shape index (κ2) is 6.35. The van der Waals surface area contributed by atoms with Crippen LogP contribution in [-0.4, -0.2) is 80.3 Å². The third kappa shape index (κ3) is 3.81. The minimum absolute atomic E-state index is 0.0233. The maximum atomic E-state index is 12.8. The molecule has 0 aromatic carbocycles. The van der Waals surface area contributed by atoms with Gasteiger partial charge in [0.15, 0.2) is 0 Å². The van der Waals surface area contributed by atoms with Crippen LogP contribution in [-0.2, 0) is 19.9 Å². The normalized spacial score (nSPS) is 27.4. The lowest BCUT2D eigenvalue weighted by Gasteiger charge is -2.48. The molecule has 1 aliphatic heterocycles. The summed E-state index contributed by atoms with van der Waals surface area (Å²) in [6.07, 6.45) is -2.00. The van der Waals surface area contributed by atoms with Crippen molar-refractivity contribution in [1.29, 1.82) is 0 Å². The molecule has 0 aliphatic carbocycles. The number of thiophene rings is 1. The molecular formula is C11H18N2O12S3. The van der Waals surface area contributed by atoms with Crippen LogP contribution in [0.15, 0.2) is 14.5 Å². The summed E-state index contributed by atoms with van der Waals surface area (Å²) in [6.45, 7) is 0.673. The third-order valence-electron chi connectivity index (χ3n) is 3.85. The molecule has 28 heavy (non-hydrogen) atoms. The molecule has 14 nitrogen and oxygen atoms in total. The Hall–Kier alpha value is -0.800. The van der Waals surface area contributed by atoms with Gasteiger partial charge in [0.1, 0.15) is 8.42 Å². The monoisotopic (exact) mass is 466 g/mol. The molecule has 1 aromatic heterocycles. The van der Waals surface area contributed by atoms with Gasteiger partial charge in [-0.05, 0) is 6.07 Å². The summed E-state index contributed by atoms with van der Waals surface area (Å²) in [5.41, 5.74) is -0.725. The van der Waals surface area contributed by atoms with Crippen molar-refractivity contribution in [2.24, 2.45) is 5.14 Å². The number of aliphatic hydroxyl groups is 8. The summed E-state index contributed by atoms with van der Waals surface area (Å²) in [7, 11) is -9.90. The zero-order valence-electron chi connectivity index (χ0n) is 13.9.